The van der Waals surface area contributed by atoms with Gasteiger partial charge in [0.05, 0.1) is 35.2 Å². The zero-order valence-electron chi connectivity index (χ0n) is 22.5. The topological polar surface area (TPSA) is 129 Å². The molecule has 2 aromatic carbocycles. The van der Waals surface area contributed by atoms with E-state index in [1.807, 2.05) is 45.0 Å². The summed E-state index contributed by atoms with van der Waals surface area (Å²) in [5.74, 6) is 0.307. The standard InChI is InChI=1S/C28H33N5O6/c1-28(2,3)39-27(35)31-15-13-19(14-16-31)25-23(26(34)29-17-20-7-5-6-8-24(20)38-4)18-30-32(25)21-9-11-22(12-10-21)33(36)37/h5-12,18-19H,13-17H2,1-4H3,(H,29,34). The monoisotopic (exact) mass is 535 g/mol. The Morgan fingerprint density at radius 3 is 2.38 bits per heavy atom. The third-order valence-corrected chi connectivity index (χ3v) is 6.52. The number of likely N-dealkylation sites (tertiary alicyclic amines) is 1. The Hall–Kier alpha value is -4.41. The first kappa shape index (κ1) is 27.6. The molecule has 1 aliphatic heterocycles. The third-order valence-electron chi connectivity index (χ3n) is 6.52. The van der Waals surface area contributed by atoms with E-state index in [1.165, 1.54) is 18.3 Å². The molecular formula is C28H33N5O6. The average molecular weight is 536 g/mol. The molecule has 3 aromatic rings. The van der Waals surface area contributed by atoms with E-state index in [1.54, 1.807) is 28.8 Å². The van der Waals surface area contributed by atoms with Gasteiger partial charge < -0.3 is 19.7 Å². The quantitative estimate of drug-likeness (QED) is 0.339. The first-order chi connectivity index (χ1) is 18.6. The number of carbonyl (C=O) groups is 2. The van der Waals surface area contributed by atoms with Crippen molar-refractivity contribution in [3.8, 4) is 11.4 Å². The van der Waals surface area contributed by atoms with Crippen LogP contribution in [0.5, 0.6) is 5.75 Å². The van der Waals surface area contributed by atoms with E-state index < -0.39 is 10.5 Å². The lowest BCUT2D eigenvalue weighted by molar-refractivity contribution is -0.384. The number of methoxy groups -OCH3 is 1. The molecule has 2 amide bonds. The van der Waals surface area contributed by atoms with Crippen LogP contribution in [0.2, 0.25) is 0 Å². The molecule has 0 unspecified atom stereocenters. The summed E-state index contributed by atoms with van der Waals surface area (Å²) in [5, 5.41) is 18.6. The summed E-state index contributed by atoms with van der Waals surface area (Å²) in [6.45, 7) is 6.69. The van der Waals surface area contributed by atoms with E-state index in [0.717, 1.165) is 5.56 Å². The molecule has 2 heterocycles. The van der Waals surface area contributed by atoms with Crippen LogP contribution < -0.4 is 10.1 Å². The molecule has 1 fully saturated rings. The minimum absolute atomic E-state index is 0.0344. The number of non-ortho nitro benzene ring substituents is 1. The number of nitro benzene ring substituents is 1. The minimum Gasteiger partial charge on any atom is -0.496 e. The third kappa shape index (κ3) is 6.54. The summed E-state index contributed by atoms with van der Waals surface area (Å²) in [6, 6.07) is 13.5. The number of rotatable bonds is 7. The maximum absolute atomic E-state index is 13.4. The summed E-state index contributed by atoms with van der Waals surface area (Å²) >= 11 is 0. The minimum atomic E-state index is -0.588. The van der Waals surface area contributed by atoms with Crippen molar-refractivity contribution in [2.45, 2.75) is 51.7 Å². The largest absolute Gasteiger partial charge is 0.496 e. The normalized spacial score (nSPS) is 14.1. The van der Waals surface area contributed by atoms with Gasteiger partial charge in [0.25, 0.3) is 11.6 Å². The molecule has 0 aliphatic carbocycles. The number of benzene rings is 2. The maximum atomic E-state index is 13.4. The van der Waals surface area contributed by atoms with Crippen LogP contribution in [0.25, 0.3) is 5.69 Å². The lowest BCUT2D eigenvalue weighted by Crippen LogP contribution is -2.41. The van der Waals surface area contributed by atoms with Crippen LogP contribution in [-0.2, 0) is 11.3 Å². The number of ether oxygens (including phenoxy) is 2. The molecule has 1 N–H and O–H groups in total. The van der Waals surface area contributed by atoms with Crippen LogP contribution in [0, 0.1) is 10.1 Å². The SMILES string of the molecule is COc1ccccc1CNC(=O)c1cnn(-c2ccc([N+](=O)[O-])cc2)c1C1CCN(C(=O)OC(C)(C)C)CC1. The number of carbonyl (C=O) groups excluding carboxylic acids is 2. The van der Waals surface area contributed by atoms with Gasteiger partial charge in [0.1, 0.15) is 11.4 Å². The van der Waals surface area contributed by atoms with E-state index in [2.05, 4.69) is 10.4 Å². The fourth-order valence-electron chi connectivity index (χ4n) is 4.63. The second kappa shape index (κ2) is 11.5. The summed E-state index contributed by atoms with van der Waals surface area (Å²) < 4.78 is 12.6. The van der Waals surface area contributed by atoms with Gasteiger partial charge in [-0.1, -0.05) is 18.2 Å². The summed E-state index contributed by atoms with van der Waals surface area (Å²) in [4.78, 5) is 38.4. The Morgan fingerprint density at radius 1 is 1.10 bits per heavy atom. The summed E-state index contributed by atoms with van der Waals surface area (Å²) in [5.41, 5.74) is 1.93. The Balaban J connectivity index is 1.60. The molecule has 0 atom stereocenters. The van der Waals surface area contributed by atoms with E-state index >= 15 is 0 Å². The lowest BCUT2D eigenvalue weighted by Gasteiger charge is -2.34. The van der Waals surface area contributed by atoms with Crippen molar-refractivity contribution in [3.05, 3.63) is 81.7 Å². The predicted octanol–water partition coefficient (Wildman–Crippen LogP) is 4.83. The van der Waals surface area contributed by atoms with Crippen molar-refractivity contribution < 1.29 is 24.0 Å². The van der Waals surface area contributed by atoms with Gasteiger partial charge in [0.15, 0.2) is 0 Å². The molecule has 1 aromatic heterocycles. The van der Waals surface area contributed by atoms with Crippen molar-refractivity contribution >= 4 is 17.7 Å². The van der Waals surface area contributed by atoms with Gasteiger partial charge in [0.2, 0.25) is 0 Å². The molecule has 1 saturated heterocycles. The number of aromatic nitrogens is 2. The first-order valence-corrected chi connectivity index (χ1v) is 12.8. The molecule has 0 bridgehead atoms. The number of hydrogen-bond acceptors (Lipinski definition) is 7. The molecule has 1 aliphatic rings. The van der Waals surface area contributed by atoms with Crippen LogP contribution in [0.3, 0.4) is 0 Å². The van der Waals surface area contributed by atoms with Crippen LogP contribution >= 0.6 is 0 Å². The van der Waals surface area contributed by atoms with Gasteiger partial charge in [0, 0.05) is 43.2 Å². The number of nitrogens with zero attached hydrogens (tertiary/aromatic N) is 4. The van der Waals surface area contributed by atoms with Crippen molar-refractivity contribution in [3.63, 3.8) is 0 Å². The Labute approximate surface area is 226 Å². The Kier molecular flexibility index (Phi) is 8.18. The molecular weight excluding hydrogens is 502 g/mol. The molecule has 0 radical (unpaired) electrons. The predicted molar refractivity (Wildman–Crippen MR) is 144 cm³/mol. The fourth-order valence-corrected chi connectivity index (χ4v) is 4.63. The number of amides is 2. The maximum Gasteiger partial charge on any atom is 0.410 e. The van der Waals surface area contributed by atoms with Crippen LogP contribution in [0.4, 0.5) is 10.5 Å². The molecule has 206 valence electrons. The smallest absolute Gasteiger partial charge is 0.410 e. The fraction of sp³-hybridized carbons (Fsp3) is 0.393. The van der Waals surface area contributed by atoms with Crippen LogP contribution in [0.1, 0.15) is 61.1 Å². The number of nitro groups is 1. The van der Waals surface area contributed by atoms with Crippen molar-refractivity contribution in [2.24, 2.45) is 0 Å². The Bertz CT molecular complexity index is 1340. The highest BCUT2D eigenvalue weighted by atomic mass is 16.6. The van der Waals surface area contributed by atoms with Crippen molar-refractivity contribution in [1.29, 1.82) is 0 Å². The van der Waals surface area contributed by atoms with Gasteiger partial charge in [-0.15, -0.1) is 0 Å². The number of para-hydroxylation sites is 1. The Morgan fingerprint density at radius 2 is 1.77 bits per heavy atom. The average Bonchev–Trinajstić information content (AvgIpc) is 3.36. The first-order valence-electron chi connectivity index (χ1n) is 12.8. The second-order valence-electron chi connectivity index (χ2n) is 10.4. The molecule has 39 heavy (non-hydrogen) atoms. The van der Waals surface area contributed by atoms with Gasteiger partial charge in [-0.05, 0) is 51.8 Å². The van der Waals surface area contributed by atoms with Gasteiger partial charge in [-0.2, -0.15) is 5.10 Å². The zero-order chi connectivity index (χ0) is 28.2. The second-order valence-corrected chi connectivity index (χ2v) is 10.4. The van der Waals surface area contributed by atoms with E-state index in [-0.39, 0.29) is 30.2 Å². The molecule has 11 heteroatoms. The highest BCUT2D eigenvalue weighted by molar-refractivity contribution is 5.95. The van der Waals surface area contributed by atoms with Crippen molar-refractivity contribution in [1.82, 2.24) is 20.0 Å². The molecule has 11 nitrogen and oxygen atoms in total. The number of hydrogen-bond donors (Lipinski definition) is 1. The van der Waals surface area contributed by atoms with E-state index in [0.29, 0.717) is 48.6 Å². The summed E-state index contributed by atoms with van der Waals surface area (Å²) in [7, 11) is 1.58. The van der Waals surface area contributed by atoms with Gasteiger partial charge >= 0.3 is 6.09 Å². The van der Waals surface area contributed by atoms with E-state index in [4.69, 9.17) is 9.47 Å². The lowest BCUT2D eigenvalue weighted by atomic mass is 9.90. The molecule has 4 rings (SSSR count). The van der Waals surface area contributed by atoms with Crippen LogP contribution in [-0.4, -0.2) is 57.4 Å². The molecule has 0 saturated carbocycles. The zero-order valence-corrected chi connectivity index (χ0v) is 22.5. The highest BCUT2D eigenvalue weighted by Crippen LogP contribution is 2.33. The number of nitrogens with one attached hydrogen (secondary N) is 1. The van der Waals surface area contributed by atoms with E-state index in [9.17, 15) is 19.7 Å². The summed E-state index contributed by atoms with van der Waals surface area (Å²) in [6.07, 6.45) is 2.36. The number of piperidine rings is 1. The van der Waals surface area contributed by atoms with Crippen molar-refractivity contribution in [2.75, 3.05) is 20.2 Å². The van der Waals surface area contributed by atoms with Crippen LogP contribution in [0.15, 0.2) is 54.7 Å². The van der Waals surface area contributed by atoms with Gasteiger partial charge in [-0.25, -0.2) is 9.48 Å². The van der Waals surface area contributed by atoms with Gasteiger partial charge in [-0.3, -0.25) is 14.9 Å². The highest BCUT2D eigenvalue weighted by Gasteiger charge is 2.32. The molecule has 0 spiro atoms.